The van der Waals surface area contributed by atoms with E-state index in [0.717, 1.165) is 36.8 Å². The van der Waals surface area contributed by atoms with Crippen molar-refractivity contribution in [3.8, 4) is 0 Å². The van der Waals surface area contributed by atoms with Gasteiger partial charge in [0, 0.05) is 24.4 Å². The molecule has 0 bridgehead atoms. The van der Waals surface area contributed by atoms with Gasteiger partial charge in [-0.1, -0.05) is 48.5 Å². The van der Waals surface area contributed by atoms with E-state index >= 15 is 0 Å². The van der Waals surface area contributed by atoms with Crippen LogP contribution >= 0.6 is 0 Å². The zero-order valence-electron chi connectivity index (χ0n) is 15.3. The number of carbonyl (C=O) groups excluding carboxylic acids is 1. The second kappa shape index (κ2) is 6.88. The molecule has 2 aliphatic carbocycles. The first-order valence-electron chi connectivity index (χ1n) is 9.79. The largest absolute Gasteiger partial charge is 0.352 e. The second-order valence-electron chi connectivity index (χ2n) is 7.93. The highest BCUT2D eigenvalue weighted by atomic mass is 32.2. The Morgan fingerprint density at radius 3 is 2.26 bits per heavy atom. The predicted molar refractivity (Wildman–Crippen MR) is 107 cm³/mol. The normalized spacial score (nSPS) is 23.5. The molecule has 1 saturated carbocycles. The van der Waals surface area contributed by atoms with E-state index in [0.29, 0.717) is 18.3 Å². The molecule has 1 N–H and O–H groups in total. The standard InChI is InChI=1S/C22H24N2O2S/c25-22(23-18-11-15-5-1-2-6-16(15)12-18)21-14-24(27(26)19-9-10-19)13-17-7-3-4-8-20(17)21/h1-8,18-19,21H,9-14H2,(H,23,25). The van der Waals surface area contributed by atoms with Gasteiger partial charge in [0.1, 0.15) is 0 Å². The van der Waals surface area contributed by atoms with Crippen LogP contribution in [-0.2, 0) is 35.2 Å². The van der Waals surface area contributed by atoms with E-state index in [1.807, 2.05) is 16.4 Å². The molecule has 4 nitrogen and oxygen atoms in total. The quantitative estimate of drug-likeness (QED) is 0.887. The molecule has 1 fully saturated rings. The van der Waals surface area contributed by atoms with Gasteiger partial charge in [0.2, 0.25) is 5.91 Å². The molecule has 3 aliphatic rings. The van der Waals surface area contributed by atoms with E-state index in [1.54, 1.807) is 0 Å². The lowest BCUT2D eigenvalue weighted by Gasteiger charge is -2.33. The third kappa shape index (κ3) is 3.34. The number of nitrogens with zero attached hydrogens (tertiary/aromatic N) is 1. The Balaban J connectivity index is 1.35. The molecule has 5 rings (SSSR count). The Bertz CT molecular complexity index is 884. The molecule has 2 unspecified atom stereocenters. The smallest absolute Gasteiger partial charge is 0.229 e. The number of benzene rings is 2. The molecule has 2 atom stereocenters. The van der Waals surface area contributed by atoms with E-state index in [9.17, 15) is 9.00 Å². The fourth-order valence-electron chi connectivity index (χ4n) is 4.38. The molecule has 0 radical (unpaired) electrons. The first kappa shape index (κ1) is 17.1. The lowest BCUT2D eigenvalue weighted by Crippen LogP contribution is -2.45. The van der Waals surface area contributed by atoms with Crippen molar-refractivity contribution in [3.05, 3.63) is 70.8 Å². The summed E-state index contributed by atoms with van der Waals surface area (Å²) in [6, 6.07) is 16.7. The van der Waals surface area contributed by atoms with Crippen LogP contribution in [0.1, 0.15) is 41.0 Å². The van der Waals surface area contributed by atoms with E-state index in [2.05, 4.69) is 41.7 Å². The molecular weight excluding hydrogens is 356 g/mol. The number of hydrogen-bond donors (Lipinski definition) is 1. The Labute approximate surface area is 162 Å². The lowest BCUT2D eigenvalue weighted by atomic mass is 9.90. The fraction of sp³-hybridized carbons (Fsp3) is 0.409. The van der Waals surface area contributed by atoms with E-state index in [4.69, 9.17) is 0 Å². The molecule has 1 heterocycles. The summed E-state index contributed by atoms with van der Waals surface area (Å²) in [7, 11) is -0.975. The molecule has 2 aromatic rings. The van der Waals surface area contributed by atoms with Crippen molar-refractivity contribution in [2.75, 3.05) is 6.54 Å². The summed E-state index contributed by atoms with van der Waals surface area (Å²) < 4.78 is 14.7. The lowest BCUT2D eigenvalue weighted by molar-refractivity contribution is -0.123. The Kier molecular flexibility index (Phi) is 4.37. The minimum atomic E-state index is -0.975. The molecule has 1 aliphatic heterocycles. The number of nitrogens with one attached hydrogen (secondary N) is 1. The van der Waals surface area contributed by atoms with Gasteiger partial charge in [0.05, 0.1) is 16.9 Å². The van der Waals surface area contributed by atoms with Crippen LogP contribution in [0.2, 0.25) is 0 Å². The van der Waals surface area contributed by atoms with Gasteiger partial charge < -0.3 is 5.32 Å². The first-order chi connectivity index (χ1) is 13.2. The highest BCUT2D eigenvalue weighted by molar-refractivity contribution is 7.83. The minimum absolute atomic E-state index is 0.0674. The third-order valence-corrected chi connectivity index (χ3v) is 7.77. The Hall–Kier alpha value is -1.98. The maximum absolute atomic E-state index is 13.2. The summed E-state index contributed by atoms with van der Waals surface area (Å²) in [5.41, 5.74) is 4.90. The van der Waals surface area contributed by atoms with Crippen LogP contribution in [-0.4, -0.2) is 32.3 Å². The van der Waals surface area contributed by atoms with Gasteiger partial charge in [-0.05, 0) is 47.9 Å². The number of carbonyl (C=O) groups is 1. The van der Waals surface area contributed by atoms with Crippen LogP contribution in [0.4, 0.5) is 0 Å². The average molecular weight is 381 g/mol. The maximum atomic E-state index is 13.2. The molecule has 0 spiro atoms. The van der Waals surface area contributed by atoms with Gasteiger partial charge in [0.25, 0.3) is 0 Å². The van der Waals surface area contributed by atoms with Crippen LogP contribution in [0.25, 0.3) is 0 Å². The minimum Gasteiger partial charge on any atom is -0.352 e. The van der Waals surface area contributed by atoms with Crippen LogP contribution < -0.4 is 5.32 Å². The highest BCUT2D eigenvalue weighted by Crippen LogP contribution is 2.35. The van der Waals surface area contributed by atoms with Crippen molar-refractivity contribution < 1.29 is 9.00 Å². The Morgan fingerprint density at radius 1 is 0.963 bits per heavy atom. The summed E-state index contributed by atoms with van der Waals surface area (Å²) in [5, 5.41) is 3.57. The number of rotatable bonds is 4. The van der Waals surface area contributed by atoms with Crippen molar-refractivity contribution >= 4 is 16.9 Å². The van der Waals surface area contributed by atoms with Crippen LogP contribution in [0.3, 0.4) is 0 Å². The SMILES string of the molecule is O=C(NC1Cc2ccccc2C1)C1CN(S(=O)C2CC2)Cc2ccccc21. The summed E-state index contributed by atoms with van der Waals surface area (Å²) in [6.45, 7) is 1.23. The summed E-state index contributed by atoms with van der Waals surface area (Å²) in [4.78, 5) is 13.2. The van der Waals surface area contributed by atoms with Crippen molar-refractivity contribution in [2.45, 2.75) is 49.4 Å². The van der Waals surface area contributed by atoms with Crippen molar-refractivity contribution in [3.63, 3.8) is 0 Å². The van der Waals surface area contributed by atoms with Gasteiger partial charge in [-0.2, -0.15) is 0 Å². The van der Waals surface area contributed by atoms with E-state index < -0.39 is 11.0 Å². The van der Waals surface area contributed by atoms with Crippen molar-refractivity contribution in [1.82, 2.24) is 9.62 Å². The summed E-state index contributed by atoms with van der Waals surface area (Å²) in [5.74, 6) is -0.181. The third-order valence-electron chi connectivity index (χ3n) is 5.94. The molecule has 1 amide bonds. The fourth-order valence-corrected chi connectivity index (χ4v) is 5.90. The van der Waals surface area contributed by atoms with Crippen LogP contribution in [0.15, 0.2) is 48.5 Å². The molecule has 0 saturated heterocycles. The number of amides is 1. The zero-order valence-corrected chi connectivity index (χ0v) is 16.1. The predicted octanol–water partition coefficient (Wildman–Crippen LogP) is 2.70. The van der Waals surface area contributed by atoms with E-state index in [-0.39, 0.29) is 17.9 Å². The van der Waals surface area contributed by atoms with Gasteiger partial charge in [-0.15, -0.1) is 0 Å². The molecular formula is C22H24N2O2S. The first-order valence-corrected chi connectivity index (χ1v) is 11.0. The average Bonchev–Trinajstić information content (AvgIpc) is 3.46. The molecule has 0 aromatic heterocycles. The topological polar surface area (TPSA) is 49.4 Å². The second-order valence-corrected chi connectivity index (χ2v) is 9.67. The zero-order chi connectivity index (χ0) is 18.4. The van der Waals surface area contributed by atoms with Crippen molar-refractivity contribution in [1.29, 1.82) is 0 Å². The van der Waals surface area contributed by atoms with Crippen LogP contribution in [0, 0.1) is 0 Å². The number of fused-ring (bicyclic) bond motifs is 2. The number of hydrogen-bond acceptors (Lipinski definition) is 2. The summed E-state index contributed by atoms with van der Waals surface area (Å²) in [6.07, 6.45) is 3.88. The van der Waals surface area contributed by atoms with Gasteiger partial charge in [0.15, 0.2) is 0 Å². The monoisotopic (exact) mass is 380 g/mol. The highest BCUT2D eigenvalue weighted by Gasteiger charge is 2.38. The van der Waals surface area contributed by atoms with Gasteiger partial charge in [-0.3, -0.25) is 4.79 Å². The van der Waals surface area contributed by atoms with Gasteiger partial charge >= 0.3 is 0 Å². The maximum Gasteiger partial charge on any atom is 0.229 e. The summed E-state index contributed by atoms with van der Waals surface area (Å²) >= 11 is 0. The molecule has 140 valence electrons. The molecule has 5 heteroatoms. The molecule has 2 aromatic carbocycles. The van der Waals surface area contributed by atoms with E-state index in [1.165, 1.54) is 11.1 Å². The van der Waals surface area contributed by atoms with Crippen LogP contribution in [0.5, 0.6) is 0 Å². The van der Waals surface area contributed by atoms with Gasteiger partial charge in [-0.25, -0.2) is 8.51 Å². The van der Waals surface area contributed by atoms with Crippen molar-refractivity contribution in [2.24, 2.45) is 0 Å². The molecule has 27 heavy (non-hydrogen) atoms. The Morgan fingerprint density at radius 2 is 1.59 bits per heavy atom.